The maximum absolute atomic E-state index is 12.5. The molecule has 76 valence electrons. The predicted molar refractivity (Wildman–Crippen MR) is 56.9 cm³/mol. The molecule has 0 atom stereocenters. The van der Waals surface area contributed by atoms with Crippen LogP contribution < -0.4 is 0 Å². The van der Waals surface area contributed by atoms with Crippen molar-refractivity contribution in [3.8, 4) is 0 Å². The summed E-state index contributed by atoms with van der Waals surface area (Å²) < 4.78 is 25.3. The quantitative estimate of drug-likeness (QED) is 0.368. The molecule has 0 aliphatic heterocycles. The van der Waals surface area contributed by atoms with Crippen molar-refractivity contribution in [1.29, 1.82) is 0 Å². The summed E-state index contributed by atoms with van der Waals surface area (Å²) in [5.74, 6) is -0.141. The molecule has 0 fully saturated rings. The van der Waals surface area contributed by atoms with Crippen LogP contribution in [0.1, 0.15) is 28.0 Å². The zero-order valence-electron chi connectivity index (χ0n) is 6.81. The van der Waals surface area contributed by atoms with E-state index in [1.807, 2.05) is 0 Å². The summed E-state index contributed by atoms with van der Waals surface area (Å²) in [7, 11) is 0. The standard InChI is InChI=1S/C8H5ClF2INO/c9-2-5-4(3-14)1-6(12)13-7(5)8(10)11/h1,3,8H,2H2. The molecule has 1 heterocycles. The molecule has 14 heavy (non-hydrogen) atoms. The minimum atomic E-state index is -2.71. The van der Waals surface area contributed by atoms with Crippen molar-refractivity contribution >= 4 is 40.5 Å². The number of carbonyl (C=O) groups excluding carboxylic acids is 1. The van der Waals surface area contributed by atoms with Crippen LogP contribution in [-0.4, -0.2) is 11.3 Å². The van der Waals surface area contributed by atoms with Gasteiger partial charge in [0.05, 0.1) is 5.88 Å². The molecule has 0 aliphatic rings. The van der Waals surface area contributed by atoms with Gasteiger partial charge in [-0.05, 0) is 28.7 Å². The summed E-state index contributed by atoms with van der Waals surface area (Å²) in [6.07, 6.45) is -2.20. The molecule has 0 unspecified atom stereocenters. The van der Waals surface area contributed by atoms with E-state index in [-0.39, 0.29) is 17.0 Å². The van der Waals surface area contributed by atoms with Gasteiger partial charge >= 0.3 is 0 Å². The Hall–Kier alpha value is -0.300. The first-order valence-electron chi connectivity index (χ1n) is 3.58. The van der Waals surface area contributed by atoms with Crippen LogP contribution in [0.2, 0.25) is 0 Å². The number of hydrogen-bond acceptors (Lipinski definition) is 2. The van der Waals surface area contributed by atoms with Crippen LogP contribution in [-0.2, 0) is 5.88 Å². The number of rotatable bonds is 3. The van der Waals surface area contributed by atoms with Crippen molar-refractivity contribution in [3.05, 3.63) is 26.6 Å². The van der Waals surface area contributed by atoms with Gasteiger partial charge in [-0.15, -0.1) is 11.6 Å². The van der Waals surface area contributed by atoms with Crippen molar-refractivity contribution in [3.63, 3.8) is 0 Å². The highest BCUT2D eigenvalue weighted by Gasteiger charge is 2.18. The third-order valence-electron chi connectivity index (χ3n) is 1.63. The average molecular weight is 331 g/mol. The van der Waals surface area contributed by atoms with Gasteiger partial charge in [0.2, 0.25) is 0 Å². The van der Waals surface area contributed by atoms with Gasteiger partial charge in [0.15, 0.2) is 6.29 Å². The van der Waals surface area contributed by atoms with Crippen molar-refractivity contribution in [2.75, 3.05) is 0 Å². The molecular formula is C8H5ClF2INO. The summed E-state index contributed by atoms with van der Waals surface area (Å²) in [6, 6.07) is 1.43. The minimum Gasteiger partial charge on any atom is -0.298 e. The van der Waals surface area contributed by atoms with Crippen LogP contribution >= 0.6 is 34.2 Å². The molecule has 1 aromatic rings. The summed E-state index contributed by atoms with van der Waals surface area (Å²) >= 11 is 7.25. The molecule has 2 nitrogen and oxygen atoms in total. The lowest BCUT2D eigenvalue weighted by atomic mass is 10.1. The zero-order chi connectivity index (χ0) is 10.7. The molecule has 1 aromatic heterocycles. The fourth-order valence-corrected chi connectivity index (χ4v) is 1.90. The lowest BCUT2D eigenvalue weighted by molar-refractivity contribution is 0.112. The van der Waals surface area contributed by atoms with E-state index in [2.05, 4.69) is 4.98 Å². The Morgan fingerprint density at radius 2 is 2.29 bits per heavy atom. The zero-order valence-corrected chi connectivity index (χ0v) is 9.72. The van der Waals surface area contributed by atoms with Crippen molar-refractivity contribution in [2.45, 2.75) is 12.3 Å². The Balaban J connectivity index is 3.39. The van der Waals surface area contributed by atoms with Gasteiger partial charge in [0.1, 0.15) is 9.39 Å². The number of carbonyl (C=O) groups is 1. The highest BCUT2D eigenvalue weighted by atomic mass is 127. The number of aldehydes is 1. The predicted octanol–water partition coefficient (Wildman–Crippen LogP) is 3.18. The fourth-order valence-electron chi connectivity index (χ4n) is 1.01. The van der Waals surface area contributed by atoms with E-state index in [0.29, 0.717) is 9.99 Å². The molecule has 0 spiro atoms. The van der Waals surface area contributed by atoms with Crippen LogP contribution in [0.15, 0.2) is 6.07 Å². The number of alkyl halides is 3. The SMILES string of the molecule is O=Cc1cc(I)nc(C(F)F)c1CCl. The molecule has 0 aliphatic carbocycles. The second kappa shape index (κ2) is 4.97. The first-order valence-corrected chi connectivity index (χ1v) is 5.20. The number of aromatic nitrogens is 1. The molecule has 6 heteroatoms. The Morgan fingerprint density at radius 3 is 2.71 bits per heavy atom. The first-order chi connectivity index (χ1) is 6.60. The van der Waals surface area contributed by atoms with Gasteiger partial charge in [-0.3, -0.25) is 4.79 Å². The van der Waals surface area contributed by atoms with Gasteiger partial charge in [0.25, 0.3) is 6.43 Å². The second-order valence-corrected chi connectivity index (χ2v) is 3.82. The van der Waals surface area contributed by atoms with Gasteiger partial charge in [-0.2, -0.15) is 0 Å². The van der Waals surface area contributed by atoms with Crippen molar-refractivity contribution in [1.82, 2.24) is 4.98 Å². The Labute approximate surface area is 97.8 Å². The molecule has 1 rings (SSSR count). The van der Waals surface area contributed by atoms with Crippen LogP contribution in [0.5, 0.6) is 0 Å². The minimum absolute atomic E-state index is 0.108. The molecule has 0 amide bonds. The van der Waals surface area contributed by atoms with E-state index >= 15 is 0 Å². The summed E-state index contributed by atoms with van der Waals surface area (Å²) in [4.78, 5) is 14.2. The molecule has 0 radical (unpaired) electrons. The van der Waals surface area contributed by atoms with Gasteiger partial charge < -0.3 is 0 Å². The van der Waals surface area contributed by atoms with Gasteiger partial charge in [0, 0.05) is 11.1 Å². The highest BCUT2D eigenvalue weighted by molar-refractivity contribution is 14.1. The number of pyridine rings is 1. The third-order valence-corrected chi connectivity index (χ3v) is 2.45. The van der Waals surface area contributed by atoms with Crippen LogP contribution in [0, 0.1) is 3.70 Å². The van der Waals surface area contributed by atoms with E-state index in [0.717, 1.165) is 0 Å². The molecule has 0 saturated carbocycles. The fraction of sp³-hybridized carbons (Fsp3) is 0.250. The van der Waals surface area contributed by atoms with E-state index < -0.39 is 12.1 Å². The smallest absolute Gasteiger partial charge is 0.280 e. The third kappa shape index (κ3) is 2.38. The largest absolute Gasteiger partial charge is 0.298 e. The normalized spacial score (nSPS) is 10.6. The molecule has 0 aromatic carbocycles. The number of halogens is 4. The van der Waals surface area contributed by atoms with Gasteiger partial charge in [-0.25, -0.2) is 13.8 Å². The molecule has 0 saturated heterocycles. The summed E-state index contributed by atoms with van der Waals surface area (Å²) in [5, 5.41) is 0. The van der Waals surface area contributed by atoms with Crippen LogP contribution in [0.4, 0.5) is 8.78 Å². The first kappa shape index (κ1) is 11.8. The lowest BCUT2D eigenvalue weighted by Gasteiger charge is -2.08. The van der Waals surface area contributed by atoms with E-state index in [1.54, 1.807) is 22.6 Å². The maximum atomic E-state index is 12.5. The van der Waals surface area contributed by atoms with E-state index in [9.17, 15) is 13.6 Å². The van der Waals surface area contributed by atoms with Crippen LogP contribution in [0.25, 0.3) is 0 Å². The number of hydrogen-bond donors (Lipinski definition) is 0. The van der Waals surface area contributed by atoms with Crippen molar-refractivity contribution < 1.29 is 13.6 Å². The highest BCUT2D eigenvalue weighted by Crippen LogP contribution is 2.25. The second-order valence-electron chi connectivity index (χ2n) is 2.45. The average Bonchev–Trinajstić information content (AvgIpc) is 2.16. The summed E-state index contributed by atoms with van der Waals surface area (Å²) in [6.45, 7) is 0. The van der Waals surface area contributed by atoms with Gasteiger partial charge in [-0.1, -0.05) is 0 Å². The number of nitrogens with zero attached hydrogens (tertiary/aromatic N) is 1. The Bertz CT molecular complexity index is 359. The summed E-state index contributed by atoms with van der Waals surface area (Å²) in [5.41, 5.74) is -0.124. The molecule has 0 bridgehead atoms. The van der Waals surface area contributed by atoms with Crippen LogP contribution in [0.3, 0.4) is 0 Å². The Kier molecular flexibility index (Phi) is 4.18. The topological polar surface area (TPSA) is 30.0 Å². The van der Waals surface area contributed by atoms with E-state index in [1.165, 1.54) is 6.07 Å². The Morgan fingerprint density at radius 1 is 1.64 bits per heavy atom. The molecular weight excluding hydrogens is 326 g/mol. The van der Waals surface area contributed by atoms with E-state index in [4.69, 9.17) is 11.6 Å². The lowest BCUT2D eigenvalue weighted by Crippen LogP contribution is -2.03. The molecule has 0 N–H and O–H groups in total. The monoisotopic (exact) mass is 331 g/mol. The van der Waals surface area contributed by atoms with Crippen molar-refractivity contribution in [2.24, 2.45) is 0 Å². The maximum Gasteiger partial charge on any atom is 0.280 e.